The lowest BCUT2D eigenvalue weighted by Crippen LogP contribution is -2.28. The average molecular weight is 462 g/mol. The number of alkyl halides is 3. The monoisotopic (exact) mass is 462 g/mol. The van der Waals surface area contributed by atoms with E-state index in [1.165, 1.54) is 18.2 Å². The normalized spacial score (nSPS) is 20.7. The molecule has 1 fully saturated rings. The fourth-order valence-corrected chi connectivity index (χ4v) is 3.62. The molecule has 8 nitrogen and oxygen atoms in total. The van der Waals surface area contributed by atoms with Gasteiger partial charge >= 0.3 is 6.18 Å². The fourth-order valence-electron chi connectivity index (χ4n) is 3.62. The third-order valence-corrected chi connectivity index (χ3v) is 5.35. The van der Waals surface area contributed by atoms with Crippen LogP contribution in [-0.4, -0.2) is 40.5 Å². The van der Waals surface area contributed by atoms with Crippen molar-refractivity contribution in [2.45, 2.75) is 44.1 Å². The van der Waals surface area contributed by atoms with Crippen LogP contribution in [0.5, 0.6) is 11.6 Å². The summed E-state index contributed by atoms with van der Waals surface area (Å²) < 4.78 is 49.5. The van der Waals surface area contributed by atoms with E-state index in [0.717, 1.165) is 17.7 Å². The van der Waals surface area contributed by atoms with Crippen LogP contribution in [0.15, 0.2) is 36.4 Å². The highest BCUT2D eigenvalue weighted by atomic mass is 19.4. The maximum Gasteiger partial charge on any atom is 0.416 e. The Morgan fingerprint density at radius 1 is 1.12 bits per heavy atom. The number of nitrogens with one attached hydrogen (secondary N) is 1. The predicted octanol–water partition coefficient (Wildman–Crippen LogP) is 2.88. The zero-order valence-electron chi connectivity index (χ0n) is 17.4. The predicted molar refractivity (Wildman–Crippen MR) is 110 cm³/mol. The molecule has 2 aliphatic rings. The second-order valence-corrected chi connectivity index (χ2v) is 7.73. The minimum absolute atomic E-state index is 0.0302. The van der Waals surface area contributed by atoms with Crippen LogP contribution in [0.4, 0.5) is 13.2 Å². The van der Waals surface area contributed by atoms with E-state index in [-0.39, 0.29) is 29.4 Å². The lowest BCUT2D eigenvalue weighted by Gasteiger charge is -2.23. The number of aromatic nitrogens is 2. The third kappa shape index (κ3) is 5.41. The van der Waals surface area contributed by atoms with Crippen LogP contribution in [-0.2, 0) is 11.0 Å². The summed E-state index contributed by atoms with van der Waals surface area (Å²) in [5.41, 5.74) is 5.38. The summed E-state index contributed by atoms with van der Waals surface area (Å²) >= 11 is 0. The van der Waals surface area contributed by atoms with Crippen LogP contribution in [0.25, 0.3) is 5.57 Å². The van der Waals surface area contributed by atoms with Crippen molar-refractivity contribution in [3.63, 3.8) is 0 Å². The molecule has 0 spiro atoms. The van der Waals surface area contributed by atoms with Gasteiger partial charge in [0, 0.05) is 25.5 Å². The number of ether oxygens (including phenoxy) is 2. The first-order chi connectivity index (χ1) is 15.7. The molecule has 2 unspecified atom stereocenters. The molecule has 2 amide bonds. The molecule has 0 radical (unpaired) electrons. The first-order valence-corrected chi connectivity index (χ1v) is 10.4. The van der Waals surface area contributed by atoms with Gasteiger partial charge in [-0.25, -0.2) is 4.98 Å². The van der Waals surface area contributed by atoms with Gasteiger partial charge < -0.3 is 20.5 Å². The van der Waals surface area contributed by atoms with Crippen LogP contribution in [0, 0.1) is 0 Å². The summed E-state index contributed by atoms with van der Waals surface area (Å²) in [6.07, 6.45) is -1.44. The molecule has 1 aliphatic heterocycles. The molecule has 11 heteroatoms. The lowest BCUT2D eigenvalue weighted by atomic mass is 9.96. The highest BCUT2D eigenvalue weighted by molar-refractivity contribution is 5.91. The number of nitrogens with two attached hydrogens (primary N) is 1. The number of rotatable bonds is 6. The molecule has 3 N–H and O–H groups in total. The van der Waals surface area contributed by atoms with Crippen LogP contribution < -0.4 is 20.5 Å². The minimum atomic E-state index is -4.40. The van der Waals surface area contributed by atoms with Gasteiger partial charge in [-0.05, 0) is 42.7 Å². The van der Waals surface area contributed by atoms with Gasteiger partial charge in [-0.2, -0.15) is 18.2 Å². The van der Waals surface area contributed by atoms with E-state index in [9.17, 15) is 22.8 Å². The summed E-state index contributed by atoms with van der Waals surface area (Å²) in [7, 11) is 0. The van der Waals surface area contributed by atoms with Crippen molar-refractivity contribution in [2.75, 3.05) is 6.54 Å². The van der Waals surface area contributed by atoms with Gasteiger partial charge in [-0.15, -0.1) is 0 Å². The number of nitrogens with zero attached hydrogens (tertiary/aromatic N) is 2. The third-order valence-electron chi connectivity index (χ3n) is 5.35. The van der Waals surface area contributed by atoms with Gasteiger partial charge in [0.1, 0.15) is 17.5 Å². The van der Waals surface area contributed by atoms with Crippen molar-refractivity contribution < 1.29 is 32.2 Å². The molecule has 1 aromatic heterocycles. The summed E-state index contributed by atoms with van der Waals surface area (Å²) in [5.74, 6) is -0.301. The van der Waals surface area contributed by atoms with Crippen LogP contribution in [0.2, 0.25) is 0 Å². The first kappa shape index (κ1) is 22.6. The SMILES string of the molecule is NC(=O)c1cc(OC2CCNC2=O)nc(C2=CCC(Oc3ccc(C(F)(F)F)cc3)CC2)n1. The van der Waals surface area contributed by atoms with Crippen molar-refractivity contribution in [2.24, 2.45) is 5.73 Å². The topological polar surface area (TPSA) is 116 Å². The van der Waals surface area contributed by atoms with Crippen LogP contribution in [0.1, 0.15) is 47.6 Å². The smallest absolute Gasteiger partial charge is 0.416 e. The van der Waals surface area contributed by atoms with E-state index in [1.807, 2.05) is 6.08 Å². The fraction of sp³-hybridized carbons (Fsp3) is 0.364. The Kier molecular flexibility index (Phi) is 6.21. The molecule has 4 rings (SSSR count). The summed E-state index contributed by atoms with van der Waals surface area (Å²) in [6.45, 7) is 0.496. The lowest BCUT2D eigenvalue weighted by molar-refractivity contribution is -0.137. The zero-order chi connectivity index (χ0) is 23.6. The molecular formula is C22H21F3N4O4. The number of carbonyl (C=O) groups excluding carboxylic acids is 2. The molecule has 0 saturated carbocycles. The number of halogens is 3. The molecule has 2 atom stereocenters. The molecule has 33 heavy (non-hydrogen) atoms. The second kappa shape index (κ2) is 9.08. The molecule has 2 heterocycles. The van der Waals surface area contributed by atoms with Crippen LogP contribution >= 0.6 is 0 Å². The maximum atomic E-state index is 12.7. The zero-order valence-corrected chi connectivity index (χ0v) is 17.4. The first-order valence-electron chi connectivity index (χ1n) is 10.4. The molecule has 2 aromatic rings. The Labute approximate surface area is 187 Å². The van der Waals surface area contributed by atoms with Gasteiger partial charge in [0.25, 0.3) is 11.8 Å². The second-order valence-electron chi connectivity index (χ2n) is 7.73. The van der Waals surface area contributed by atoms with Crippen molar-refractivity contribution in [3.8, 4) is 11.6 Å². The summed E-state index contributed by atoms with van der Waals surface area (Å²) in [4.78, 5) is 32.1. The average Bonchev–Trinajstić information content (AvgIpc) is 3.18. The number of carbonyl (C=O) groups is 2. The molecule has 1 aromatic carbocycles. The number of benzene rings is 1. The Bertz CT molecular complexity index is 1090. The number of primary amides is 1. The molecule has 174 valence electrons. The number of allylic oxidation sites excluding steroid dienone is 1. The summed E-state index contributed by atoms with van der Waals surface area (Å²) in [6, 6.07) is 5.86. The van der Waals surface area contributed by atoms with E-state index < -0.39 is 23.8 Å². The Morgan fingerprint density at radius 3 is 2.45 bits per heavy atom. The molecule has 0 bridgehead atoms. The molecular weight excluding hydrogens is 441 g/mol. The van der Waals surface area contributed by atoms with Gasteiger partial charge in [-0.1, -0.05) is 6.08 Å². The van der Waals surface area contributed by atoms with Gasteiger partial charge in [0.2, 0.25) is 5.88 Å². The summed E-state index contributed by atoms with van der Waals surface area (Å²) in [5, 5.41) is 2.66. The Hall–Kier alpha value is -3.63. The number of hydrogen-bond acceptors (Lipinski definition) is 6. The van der Waals surface area contributed by atoms with Crippen molar-refractivity contribution >= 4 is 17.4 Å². The van der Waals surface area contributed by atoms with E-state index in [1.54, 1.807) is 0 Å². The highest BCUT2D eigenvalue weighted by Gasteiger charge is 2.30. The number of hydrogen-bond donors (Lipinski definition) is 2. The Balaban J connectivity index is 1.46. The maximum absolute atomic E-state index is 12.7. The number of amides is 2. The molecule has 1 saturated heterocycles. The van der Waals surface area contributed by atoms with Crippen molar-refractivity contribution in [1.29, 1.82) is 0 Å². The van der Waals surface area contributed by atoms with Crippen molar-refractivity contribution in [3.05, 3.63) is 53.5 Å². The van der Waals surface area contributed by atoms with E-state index in [0.29, 0.717) is 38.0 Å². The van der Waals surface area contributed by atoms with E-state index >= 15 is 0 Å². The van der Waals surface area contributed by atoms with E-state index in [2.05, 4.69) is 15.3 Å². The standard InChI is InChI=1S/C22H21F3N4O4/c23-22(24,25)13-3-7-15(8-4-13)32-14-5-1-12(2-6-14)20-28-16(19(26)30)11-18(29-20)33-17-9-10-27-21(17)31/h1,3-4,7-8,11,14,17H,2,5-6,9-10H2,(H2,26,30)(H,27,31). The van der Waals surface area contributed by atoms with Crippen molar-refractivity contribution in [1.82, 2.24) is 15.3 Å². The van der Waals surface area contributed by atoms with Gasteiger partial charge in [-0.3, -0.25) is 9.59 Å². The quantitative estimate of drug-likeness (QED) is 0.682. The minimum Gasteiger partial charge on any atom is -0.490 e. The molecule has 1 aliphatic carbocycles. The van der Waals surface area contributed by atoms with E-state index in [4.69, 9.17) is 15.2 Å². The largest absolute Gasteiger partial charge is 0.490 e. The van der Waals surface area contributed by atoms with Gasteiger partial charge in [0.15, 0.2) is 11.9 Å². The van der Waals surface area contributed by atoms with Gasteiger partial charge in [0.05, 0.1) is 5.56 Å². The highest BCUT2D eigenvalue weighted by Crippen LogP contribution is 2.32. The Morgan fingerprint density at radius 2 is 1.88 bits per heavy atom. The van der Waals surface area contributed by atoms with Crippen LogP contribution in [0.3, 0.4) is 0 Å².